The third kappa shape index (κ3) is 3.71. The molecule has 94 valence electrons. The molecule has 1 aromatic carbocycles. The summed E-state index contributed by atoms with van der Waals surface area (Å²) in [7, 11) is 5.33. The van der Waals surface area contributed by atoms with E-state index in [0.717, 1.165) is 15.8 Å². The number of carbonyl (C=O) groups is 1. The lowest BCUT2D eigenvalue weighted by molar-refractivity contribution is -0.138. The maximum Gasteiger partial charge on any atom is 0.305 e. The smallest absolute Gasteiger partial charge is 0.305 e. The minimum Gasteiger partial charge on any atom is -0.496 e. The van der Waals surface area contributed by atoms with Gasteiger partial charge in [0.1, 0.15) is 5.75 Å². The first-order chi connectivity index (χ1) is 7.95. The lowest BCUT2D eigenvalue weighted by Gasteiger charge is -2.23. The summed E-state index contributed by atoms with van der Waals surface area (Å²) >= 11 is 3.40. The van der Waals surface area contributed by atoms with E-state index < -0.39 is 5.97 Å². The Kier molecular flexibility index (Phi) is 4.96. The van der Waals surface area contributed by atoms with Gasteiger partial charge in [-0.05, 0) is 47.7 Å². The molecule has 17 heavy (non-hydrogen) atoms. The average molecular weight is 302 g/mol. The number of carboxylic acid groups (broad SMARTS) is 1. The lowest BCUT2D eigenvalue weighted by atomic mass is 10.0. The Morgan fingerprint density at radius 1 is 1.53 bits per heavy atom. The van der Waals surface area contributed by atoms with Gasteiger partial charge < -0.3 is 14.7 Å². The van der Waals surface area contributed by atoms with Gasteiger partial charge in [-0.1, -0.05) is 6.07 Å². The molecular weight excluding hydrogens is 286 g/mol. The summed E-state index contributed by atoms with van der Waals surface area (Å²) in [6.07, 6.45) is 0.0752. The minimum atomic E-state index is -0.810. The maximum absolute atomic E-state index is 10.8. The van der Waals surface area contributed by atoms with Gasteiger partial charge in [-0.25, -0.2) is 0 Å². The molecule has 1 atom stereocenters. The Morgan fingerprint density at radius 2 is 2.18 bits per heavy atom. The number of aliphatic carboxylic acids is 1. The van der Waals surface area contributed by atoms with Crippen molar-refractivity contribution in [2.45, 2.75) is 12.5 Å². The van der Waals surface area contributed by atoms with Gasteiger partial charge in [0.05, 0.1) is 18.0 Å². The fourth-order valence-electron chi connectivity index (χ4n) is 1.65. The Hall–Kier alpha value is -1.07. The summed E-state index contributed by atoms with van der Waals surface area (Å²) in [6.45, 7) is 0. The molecule has 0 amide bonds. The van der Waals surface area contributed by atoms with Gasteiger partial charge in [-0.15, -0.1) is 0 Å². The van der Waals surface area contributed by atoms with Crippen LogP contribution in [0.25, 0.3) is 0 Å². The molecule has 1 unspecified atom stereocenters. The molecule has 0 aliphatic rings. The molecule has 1 N–H and O–H groups in total. The number of nitrogens with zero attached hydrogens (tertiary/aromatic N) is 1. The van der Waals surface area contributed by atoms with Crippen LogP contribution in [0, 0.1) is 0 Å². The molecule has 0 fully saturated rings. The largest absolute Gasteiger partial charge is 0.496 e. The zero-order chi connectivity index (χ0) is 13.0. The average Bonchev–Trinajstić information content (AvgIpc) is 2.25. The molecule has 0 heterocycles. The Morgan fingerprint density at radius 3 is 2.59 bits per heavy atom. The van der Waals surface area contributed by atoms with Crippen LogP contribution in [-0.2, 0) is 4.79 Å². The molecule has 0 saturated heterocycles. The normalized spacial score (nSPS) is 12.5. The molecule has 0 aliphatic heterocycles. The zero-order valence-corrected chi connectivity index (χ0v) is 11.7. The maximum atomic E-state index is 10.8. The molecule has 0 saturated carbocycles. The monoisotopic (exact) mass is 301 g/mol. The fourth-order valence-corrected chi connectivity index (χ4v) is 2.21. The number of benzene rings is 1. The summed E-state index contributed by atoms with van der Waals surface area (Å²) in [6, 6.07) is 5.47. The van der Waals surface area contributed by atoms with E-state index in [4.69, 9.17) is 9.84 Å². The van der Waals surface area contributed by atoms with Crippen molar-refractivity contribution < 1.29 is 14.6 Å². The molecule has 5 heteroatoms. The highest BCUT2D eigenvalue weighted by atomic mass is 79.9. The molecule has 1 rings (SSSR count). The fraction of sp³-hybridized carbons (Fsp3) is 0.417. The van der Waals surface area contributed by atoms with Crippen LogP contribution in [0.4, 0.5) is 0 Å². The highest BCUT2D eigenvalue weighted by Gasteiger charge is 2.18. The first kappa shape index (κ1) is 14.0. The lowest BCUT2D eigenvalue weighted by Crippen LogP contribution is -2.22. The third-order valence-electron chi connectivity index (χ3n) is 2.55. The van der Waals surface area contributed by atoms with E-state index in [0.29, 0.717) is 0 Å². The van der Waals surface area contributed by atoms with Crippen molar-refractivity contribution in [1.29, 1.82) is 0 Å². The number of halogens is 1. The Balaban J connectivity index is 3.02. The van der Waals surface area contributed by atoms with Gasteiger partial charge in [0.25, 0.3) is 0 Å². The minimum absolute atomic E-state index is 0.0752. The summed E-state index contributed by atoms with van der Waals surface area (Å²) in [5.74, 6) is -0.0720. The van der Waals surface area contributed by atoms with E-state index in [-0.39, 0.29) is 12.5 Å². The highest BCUT2D eigenvalue weighted by molar-refractivity contribution is 9.10. The Bertz CT molecular complexity index is 407. The molecule has 0 aliphatic carbocycles. The van der Waals surface area contributed by atoms with E-state index in [1.165, 1.54) is 0 Å². The molecule has 0 aromatic heterocycles. The quantitative estimate of drug-likeness (QED) is 0.908. The van der Waals surface area contributed by atoms with E-state index in [1.54, 1.807) is 7.11 Å². The van der Waals surface area contributed by atoms with E-state index >= 15 is 0 Å². The van der Waals surface area contributed by atoms with Crippen LogP contribution in [0.2, 0.25) is 0 Å². The van der Waals surface area contributed by atoms with Crippen molar-refractivity contribution >= 4 is 21.9 Å². The summed E-state index contributed by atoms with van der Waals surface area (Å²) < 4.78 is 5.97. The highest BCUT2D eigenvalue weighted by Crippen LogP contribution is 2.30. The molecular formula is C12H16BrNO3. The van der Waals surface area contributed by atoms with Gasteiger partial charge >= 0.3 is 5.97 Å². The van der Waals surface area contributed by atoms with E-state index in [2.05, 4.69) is 15.9 Å². The number of hydrogen-bond donors (Lipinski definition) is 1. The summed E-state index contributed by atoms with van der Waals surface area (Å²) in [5.41, 5.74) is 0.949. The molecule has 0 radical (unpaired) electrons. The van der Waals surface area contributed by atoms with Crippen molar-refractivity contribution in [1.82, 2.24) is 4.90 Å². The van der Waals surface area contributed by atoms with Gasteiger partial charge in [-0.3, -0.25) is 4.79 Å². The third-order valence-corrected chi connectivity index (χ3v) is 3.17. The van der Waals surface area contributed by atoms with Crippen LogP contribution < -0.4 is 4.74 Å². The molecule has 0 spiro atoms. The number of methoxy groups -OCH3 is 1. The second-order valence-electron chi connectivity index (χ2n) is 3.97. The van der Waals surface area contributed by atoms with Crippen LogP contribution in [0.15, 0.2) is 22.7 Å². The van der Waals surface area contributed by atoms with Crippen molar-refractivity contribution in [2.75, 3.05) is 21.2 Å². The van der Waals surface area contributed by atoms with Crippen molar-refractivity contribution in [2.24, 2.45) is 0 Å². The second-order valence-corrected chi connectivity index (χ2v) is 4.83. The van der Waals surface area contributed by atoms with Crippen LogP contribution in [0.5, 0.6) is 5.75 Å². The number of ether oxygens (including phenoxy) is 1. The van der Waals surface area contributed by atoms with Gasteiger partial charge in [0.15, 0.2) is 0 Å². The summed E-state index contributed by atoms with van der Waals surface area (Å²) in [4.78, 5) is 12.7. The van der Waals surface area contributed by atoms with Gasteiger partial charge in [0.2, 0.25) is 0 Å². The van der Waals surface area contributed by atoms with Gasteiger partial charge in [0, 0.05) is 6.04 Å². The predicted octanol–water partition coefficient (Wildman–Crippen LogP) is 2.54. The van der Waals surface area contributed by atoms with E-state index in [1.807, 2.05) is 37.2 Å². The van der Waals surface area contributed by atoms with Crippen LogP contribution in [-0.4, -0.2) is 37.2 Å². The topological polar surface area (TPSA) is 49.8 Å². The standard InChI is InChI=1S/C12H16BrNO3/c1-14(2)10(7-12(15)16)8-4-5-11(17-3)9(13)6-8/h4-6,10H,7H2,1-3H3,(H,15,16). The number of rotatable bonds is 5. The summed E-state index contributed by atoms with van der Waals surface area (Å²) in [5, 5.41) is 8.90. The van der Waals surface area contributed by atoms with Gasteiger partial charge in [-0.2, -0.15) is 0 Å². The number of hydrogen-bond acceptors (Lipinski definition) is 3. The predicted molar refractivity (Wildman–Crippen MR) is 69.4 cm³/mol. The van der Waals surface area contributed by atoms with Crippen LogP contribution in [0.1, 0.15) is 18.0 Å². The van der Waals surface area contributed by atoms with Crippen molar-refractivity contribution in [3.05, 3.63) is 28.2 Å². The SMILES string of the molecule is COc1ccc(C(CC(=O)O)N(C)C)cc1Br. The van der Waals surface area contributed by atoms with Crippen molar-refractivity contribution in [3.63, 3.8) is 0 Å². The first-order valence-electron chi connectivity index (χ1n) is 5.17. The molecule has 4 nitrogen and oxygen atoms in total. The zero-order valence-electron chi connectivity index (χ0n) is 10.1. The van der Waals surface area contributed by atoms with Crippen LogP contribution >= 0.6 is 15.9 Å². The number of carboxylic acids is 1. The first-order valence-corrected chi connectivity index (χ1v) is 5.96. The molecule has 1 aromatic rings. The van der Waals surface area contributed by atoms with E-state index in [9.17, 15) is 4.79 Å². The van der Waals surface area contributed by atoms with Crippen molar-refractivity contribution in [3.8, 4) is 5.75 Å². The molecule has 0 bridgehead atoms. The Labute approximate surface area is 109 Å². The second kappa shape index (κ2) is 6.02. The van der Waals surface area contributed by atoms with Crippen LogP contribution in [0.3, 0.4) is 0 Å².